The van der Waals surface area contributed by atoms with Crippen molar-refractivity contribution < 1.29 is 5.11 Å². The normalized spacial score (nSPS) is 20.7. The van der Waals surface area contributed by atoms with Crippen LogP contribution in [0.2, 0.25) is 0 Å². The molecule has 0 unspecified atom stereocenters. The molecule has 1 saturated heterocycles. The summed E-state index contributed by atoms with van der Waals surface area (Å²) in [5, 5.41) is 13.8. The standard InChI is InChI=1S/C15H20BrNO/c16-13-9-11-3-1-2-4-12(11)14(15(13)18)10-5-7-17-8-6-10/h9-10,17-18H,1-8H2. The fourth-order valence-electron chi connectivity index (χ4n) is 3.44. The zero-order valence-electron chi connectivity index (χ0n) is 10.6. The van der Waals surface area contributed by atoms with E-state index in [0.29, 0.717) is 11.7 Å². The van der Waals surface area contributed by atoms with Crippen LogP contribution in [0.15, 0.2) is 10.5 Å². The van der Waals surface area contributed by atoms with Gasteiger partial charge in [0.2, 0.25) is 0 Å². The van der Waals surface area contributed by atoms with Gasteiger partial charge in [0, 0.05) is 5.56 Å². The second-order valence-electron chi connectivity index (χ2n) is 5.49. The van der Waals surface area contributed by atoms with Crippen LogP contribution in [-0.4, -0.2) is 18.2 Å². The summed E-state index contributed by atoms with van der Waals surface area (Å²) < 4.78 is 0.886. The lowest BCUT2D eigenvalue weighted by molar-refractivity contribution is 0.418. The topological polar surface area (TPSA) is 32.3 Å². The molecule has 1 aliphatic heterocycles. The van der Waals surface area contributed by atoms with Crippen molar-refractivity contribution in [1.29, 1.82) is 0 Å². The van der Waals surface area contributed by atoms with E-state index in [0.717, 1.165) is 36.8 Å². The lowest BCUT2D eigenvalue weighted by Gasteiger charge is -2.29. The summed E-state index contributed by atoms with van der Waals surface area (Å²) in [4.78, 5) is 0. The molecule has 0 saturated carbocycles. The Kier molecular flexibility index (Phi) is 3.62. The van der Waals surface area contributed by atoms with Crippen molar-refractivity contribution in [2.24, 2.45) is 0 Å². The van der Waals surface area contributed by atoms with Gasteiger partial charge in [-0.2, -0.15) is 0 Å². The van der Waals surface area contributed by atoms with E-state index < -0.39 is 0 Å². The Hall–Kier alpha value is -0.540. The third kappa shape index (κ3) is 2.19. The van der Waals surface area contributed by atoms with E-state index in [1.54, 1.807) is 0 Å². The van der Waals surface area contributed by atoms with Crippen LogP contribution in [0.5, 0.6) is 5.75 Å². The number of benzene rings is 1. The first-order chi connectivity index (χ1) is 8.77. The smallest absolute Gasteiger partial charge is 0.133 e. The van der Waals surface area contributed by atoms with Crippen LogP contribution in [-0.2, 0) is 12.8 Å². The number of rotatable bonds is 1. The van der Waals surface area contributed by atoms with E-state index in [9.17, 15) is 5.11 Å². The quantitative estimate of drug-likeness (QED) is 0.832. The number of fused-ring (bicyclic) bond motifs is 1. The summed E-state index contributed by atoms with van der Waals surface area (Å²) >= 11 is 3.53. The van der Waals surface area contributed by atoms with Crippen LogP contribution in [0.1, 0.15) is 48.3 Å². The number of nitrogens with one attached hydrogen (secondary N) is 1. The summed E-state index contributed by atoms with van der Waals surface area (Å²) in [6.07, 6.45) is 7.18. The Bertz CT molecular complexity index is 452. The van der Waals surface area contributed by atoms with Gasteiger partial charge in [0.15, 0.2) is 0 Å². The number of hydrogen-bond donors (Lipinski definition) is 2. The largest absolute Gasteiger partial charge is 0.506 e. The van der Waals surface area contributed by atoms with Gasteiger partial charge in [-0.15, -0.1) is 0 Å². The minimum absolute atomic E-state index is 0.502. The molecule has 1 aliphatic carbocycles. The molecule has 0 aromatic heterocycles. The molecule has 0 radical (unpaired) electrons. The number of phenolic OH excluding ortho intramolecular Hbond substituents is 1. The molecule has 2 nitrogen and oxygen atoms in total. The number of phenols is 1. The average molecular weight is 310 g/mol. The van der Waals surface area contributed by atoms with Crippen molar-refractivity contribution in [3.63, 3.8) is 0 Å². The molecular weight excluding hydrogens is 290 g/mol. The maximum Gasteiger partial charge on any atom is 0.133 e. The molecule has 2 N–H and O–H groups in total. The molecule has 98 valence electrons. The molecule has 1 fully saturated rings. The average Bonchev–Trinajstić information content (AvgIpc) is 2.41. The van der Waals surface area contributed by atoms with Gasteiger partial charge < -0.3 is 10.4 Å². The van der Waals surface area contributed by atoms with Crippen molar-refractivity contribution in [1.82, 2.24) is 5.32 Å². The van der Waals surface area contributed by atoms with Crippen molar-refractivity contribution in [2.45, 2.75) is 44.4 Å². The number of halogens is 1. The summed E-state index contributed by atoms with van der Waals surface area (Å²) in [6.45, 7) is 2.15. The monoisotopic (exact) mass is 309 g/mol. The zero-order valence-corrected chi connectivity index (χ0v) is 12.2. The lowest BCUT2D eigenvalue weighted by Crippen LogP contribution is -2.27. The van der Waals surface area contributed by atoms with Crippen molar-refractivity contribution in [3.05, 3.63) is 27.2 Å². The molecule has 2 aliphatic rings. The summed E-state index contributed by atoms with van der Waals surface area (Å²) in [6, 6.07) is 2.13. The van der Waals surface area contributed by atoms with Crippen LogP contribution < -0.4 is 5.32 Å². The van der Waals surface area contributed by atoms with Gasteiger partial charge in [0.05, 0.1) is 4.47 Å². The van der Waals surface area contributed by atoms with E-state index in [1.165, 1.54) is 36.0 Å². The third-order valence-corrected chi connectivity index (χ3v) is 4.97. The molecule has 0 atom stereocenters. The first kappa shape index (κ1) is 12.5. The first-order valence-electron chi connectivity index (χ1n) is 7.01. The van der Waals surface area contributed by atoms with Gasteiger partial charge in [-0.3, -0.25) is 0 Å². The number of hydrogen-bond acceptors (Lipinski definition) is 2. The van der Waals surface area contributed by atoms with E-state index in [4.69, 9.17) is 0 Å². The van der Waals surface area contributed by atoms with Crippen LogP contribution >= 0.6 is 15.9 Å². The second-order valence-corrected chi connectivity index (χ2v) is 6.34. The van der Waals surface area contributed by atoms with Gasteiger partial charge in [-0.05, 0) is 90.7 Å². The van der Waals surface area contributed by atoms with Gasteiger partial charge >= 0.3 is 0 Å². The predicted molar refractivity (Wildman–Crippen MR) is 77.3 cm³/mol. The second kappa shape index (κ2) is 5.22. The highest BCUT2D eigenvalue weighted by atomic mass is 79.9. The molecular formula is C15H20BrNO. The fraction of sp³-hybridized carbons (Fsp3) is 0.600. The Morgan fingerprint density at radius 2 is 1.89 bits per heavy atom. The van der Waals surface area contributed by atoms with Crippen LogP contribution in [0, 0.1) is 0 Å². The Balaban J connectivity index is 2.07. The maximum absolute atomic E-state index is 10.4. The molecule has 18 heavy (non-hydrogen) atoms. The Labute approximate surface area is 117 Å². The number of piperidine rings is 1. The lowest BCUT2D eigenvalue weighted by atomic mass is 9.80. The molecule has 1 heterocycles. The van der Waals surface area contributed by atoms with Crippen LogP contribution in [0.25, 0.3) is 0 Å². The van der Waals surface area contributed by atoms with E-state index in [1.807, 2.05) is 0 Å². The molecule has 0 bridgehead atoms. The predicted octanol–water partition coefficient (Wildman–Crippen LogP) is 3.50. The van der Waals surface area contributed by atoms with Gasteiger partial charge in [0.1, 0.15) is 5.75 Å². The summed E-state index contributed by atoms with van der Waals surface area (Å²) in [7, 11) is 0. The molecule has 0 amide bonds. The summed E-state index contributed by atoms with van der Waals surface area (Å²) in [5.74, 6) is 1.04. The molecule has 0 spiro atoms. The highest BCUT2D eigenvalue weighted by molar-refractivity contribution is 9.10. The van der Waals surface area contributed by atoms with Gasteiger partial charge in [0.25, 0.3) is 0 Å². The molecule has 3 rings (SSSR count). The SMILES string of the molecule is Oc1c(Br)cc2c(c1C1CCNCC1)CCCC2. The van der Waals surface area contributed by atoms with Crippen molar-refractivity contribution in [3.8, 4) is 5.75 Å². The molecule has 1 aromatic rings. The first-order valence-corrected chi connectivity index (χ1v) is 7.80. The minimum atomic E-state index is 0.502. The van der Waals surface area contributed by atoms with Crippen LogP contribution in [0.4, 0.5) is 0 Å². The maximum atomic E-state index is 10.4. The molecule has 3 heteroatoms. The van der Waals surface area contributed by atoms with Crippen molar-refractivity contribution in [2.75, 3.05) is 13.1 Å². The fourth-order valence-corrected chi connectivity index (χ4v) is 3.93. The molecule has 1 aromatic carbocycles. The minimum Gasteiger partial charge on any atom is -0.506 e. The van der Waals surface area contributed by atoms with E-state index >= 15 is 0 Å². The Morgan fingerprint density at radius 1 is 1.17 bits per heavy atom. The van der Waals surface area contributed by atoms with Crippen molar-refractivity contribution >= 4 is 15.9 Å². The summed E-state index contributed by atoms with van der Waals surface area (Å²) in [5.41, 5.74) is 4.16. The number of aryl methyl sites for hydroxylation is 1. The highest BCUT2D eigenvalue weighted by Crippen LogP contribution is 2.43. The van der Waals surface area contributed by atoms with E-state index in [2.05, 4.69) is 27.3 Å². The number of aromatic hydroxyl groups is 1. The zero-order chi connectivity index (χ0) is 12.5. The Morgan fingerprint density at radius 3 is 2.67 bits per heavy atom. The van der Waals surface area contributed by atoms with E-state index in [-0.39, 0.29) is 0 Å². The third-order valence-electron chi connectivity index (χ3n) is 4.37. The van der Waals surface area contributed by atoms with Crippen LogP contribution in [0.3, 0.4) is 0 Å². The highest BCUT2D eigenvalue weighted by Gasteiger charge is 2.26. The van der Waals surface area contributed by atoms with Gasteiger partial charge in [-0.1, -0.05) is 0 Å². The van der Waals surface area contributed by atoms with Gasteiger partial charge in [-0.25, -0.2) is 0 Å².